The van der Waals surface area contributed by atoms with Crippen LogP contribution >= 0.6 is 0 Å². The summed E-state index contributed by atoms with van der Waals surface area (Å²) >= 11 is 0. The molecule has 0 saturated carbocycles. The number of esters is 1. The molecule has 0 amide bonds. The van der Waals surface area contributed by atoms with E-state index in [1.54, 1.807) is 28.8 Å². The number of hydrogen-bond acceptors (Lipinski definition) is 9. The van der Waals surface area contributed by atoms with Crippen molar-refractivity contribution in [2.45, 2.75) is 19.4 Å². The first-order valence-electron chi connectivity index (χ1n) is 11.2. The van der Waals surface area contributed by atoms with Gasteiger partial charge in [0.1, 0.15) is 11.3 Å². The molecule has 0 aliphatic carbocycles. The number of nitrogens with two attached hydrogens (primary N) is 1. The second-order valence-electron chi connectivity index (χ2n) is 8.39. The fourth-order valence-corrected chi connectivity index (χ4v) is 4.67. The van der Waals surface area contributed by atoms with Crippen molar-refractivity contribution in [2.75, 3.05) is 46.8 Å². The zero-order valence-corrected chi connectivity index (χ0v) is 19.2. The van der Waals surface area contributed by atoms with E-state index in [9.17, 15) is 9.59 Å². The molecule has 180 valence electrons. The summed E-state index contributed by atoms with van der Waals surface area (Å²) in [5.41, 5.74) is 7.75. The monoisotopic (exact) mass is 469 g/mol. The molecule has 3 aliphatic rings. The molecule has 2 aromatic rings. The number of fused-ring (bicyclic) bond motifs is 2. The first-order valence-corrected chi connectivity index (χ1v) is 11.2. The lowest BCUT2D eigenvalue weighted by atomic mass is 9.83. The Labute approximate surface area is 196 Å². The Balaban J connectivity index is 1.60. The van der Waals surface area contributed by atoms with Crippen LogP contribution in [0.15, 0.2) is 40.5 Å². The molecular formula is C24H27N3O7. The minimum Gasteiger partial charge on any atom is -0.465 e. The Morgan fingerprint density at radius 3 is 2.65 bits per heavy atom. The van der Waals surface area contributed by atoms with E-state index in [2.05, 4.69) is 4.90 Å². The minimum absolute atomic E-state index is 0.0783. The fraction of sp³-hybridized carbons (Fsp3) is 0.417. The third-order valence-electron chi connectivity index (χ3n) is 6.45. The summed E-state index contributed by atoms with van der Waals surface area (Å²) in [5, 5.41) is 0. The number of morpholine rings is 1. The van der Waals surface area contributed by atoms with Crippen molar-refractivity contribution < 1.29 is 28.5 Å². The number of ether oxygens (including phenoxy) is 5. The van der Waals surface area contributed by atoms with Gasteiger partial charge in [-0.1, -0.05) is 6.07 Å². The standard InChI is InChI=1S/C24H27N3O7/c1-14-11-18-20(23(28)27(14)6-5-26-7-9-31-10-8-26)19(21(22(25)34-18)24(29)30-2)15-3-4-16-17(12-15)33-13-32-16/h3-4,11-12,19H,5-10,13,25H2,1-2H3/t19-/m0/s1. The van der Waals surface area contributed by atoms with Gasteiger partial charge in [0.15, 0.2) is 11.5 Å². The smallest absolute Gasteiger partial charge is 0.340 e. The summed E-state index contributed by atoms with van der Waals surface area (Å²) in [5.74, 6) is -0.0727. The van der Waals surface area contributed by atoms with Crippen LogP contribution in [0, 0.1) is 6.92 Å². The molecule has 1 aromatic carbocycles. The number of nitrogens with zero attached hydrogens (tertiary/aromatic N) is 2. The first kappa shape index (κ1) is 22.3. The van der Waals surface area contributed by atoms with Gasteiger partial charge in [-0.25, -0.2) is 4.79 Å². The predicted octanol–water partition coefficient (Wildman–Crippen LogP) is 1.09. The van der Waals surface area contributed by atoms with Crippen LogP contribution in [0.25, 0.3) is 0 Å². The van der Waals surface area contributed by atoms with E-state index < -0.39 is 11.9 Å². The van der Waals surface area contributed by atoms with Crippen LogP contribution in [0.3, 0.4) is 0 Å². The molecule has 0 spiro atoms. The molecule has 34 heavy (non-hydrogen) atoms. The lowest BCUT2D eigenvalue weighted by Crippen LogP contribution is -2.40. The number of methoxy groups -OCH3 is 1. The predicted molar refractivity (Wildman–Crippen MR) is 121 cm³/mol. The number of aryl methyl sites for hydroxylation is 1. The highest BCUT2D eigenvalue weighted by Gasteiger charge is 2.39. The number of hydrogen-bond donors (Lipinski definition) is 1. The van der Waals surface area contributed by atoms with Crippen LogP contribution in [0.1, 0.15) is 22.7 Å². The SMILES string of the molecule is COC(=O)C1=C(N)Oc2cc(C)n(CCN3CCOCC3)c(=O)c2[C@@H]1c1ccc2c(c1)OCO2. The van der Waals surface area contributed by atoms with E-state index in [4.69, 9.17) is 29.4 Å². The highest BCUT2D eigenvalue weighted by atomic mass is 16.7. The Morgan fingerprint density at radius 1 is 1.12 bits per heavy atom. The van der Waals surface area contributed by atoms with Crippen molar-refractivity contribution in [3.05, 3.63) is 62.9 Å². The van der Waals surface area contributed by atoms with Gasteiger partial charge in [-0.3, -0.25) is 9.69 Å². The van der Waals surface area contributed by atoms with Gasteiger partial charge in [0.2, 0.25) is 12.7 Å². The molecule has 5 rings (SSSR count). The van der Waals surface area contributed by atoms with Crippen molar-refractivity contribution in [2.24, 2.45) is 5.73 Å². The number of benzene rings is 1. The maximum Gasteiger partial charge on any atom is 0.340 e. The van der Waals surface area contributed by atoms with Gasteiger partial charge in [0.25, 0.3) is 5.56 Å². The highest BCUT2D eigenvalue weighted by molar-refractivity contribution is 5.92. The van der Waals surface area contributed by atoms with Gasteiger partial charge >= 0.3 is 5.97 Å². The van der Waals surface area contributed by atoms with Crippen molar-refractivity contribution >= 4 is 5.97 Å². The molecule has 4 heterocycles. The topological polar surface area (TPSA) is 114 Å². The molecule has 1 atom stereocenters. The molecule has 2 N–H and O–H groups in total. The molecule has 0 bridgehead atoms. The van der Waals surface area contributed by atoms with Crippen LogP contribution in [-0.4, -0.2) is 62.2 Å². The van der Waals surface area contributed by atoms with Gasteiger partial charge in [0.05, 0.1) is 31.8 Å². The lowest BCUT2D eigenvalue weighted by molar-refractivity contribution is -0.136. The largest absolute Gasteiger partial charge is 0.465 e. The highest BCUT2D eigenvalue weighted by Crippen LogP contribution is 2.44. The second kappa shape index (κ2) is 9.03. The molecule has 1 fully saturated rings. The number of rotatable bonds is 5. The summed E-state index contributed by atoms with van der Waals surface area (Å²) in [4.78, 5) is 28.9. The van der Waals surface area contributed by atoms with Crippen LogP contribution in [0.2, 0.25) is 0 Å². The maximum absolute atomic E-state index is 13.9. The molecule has 0 radical (unpaired) electrons. The molecule has 0 unspecified atom stereocenters. The van der Waals surface area contributed by atoms with Gasteiger partial charge in [-0.05, 0) is 24.6 Å². The van der Waals surface area contributed by atoms with Gasteiger partial charge < -0.3 is 34.0 Å². The average molecular weight is 469 g/mol. The lowest BCUT2D eigenvalue weighted by Gasteiger charge is -2.30. The Kier molecular flexibility index (Phi) is 5.93. The quantitative estimate of drug-likeness (QED) is 0.643. The Bertz CT molecular complexity index is 1210. The van der Waals surface area contributed by atoms with Crippen molar-refractivity contribution in [1.29, 1.82) is 0 Å². The zero-order valence-electron chi connectivity index (χ0n) is 19.2. The van der Waals surface area contributed by atoms with E-state index in [0.29, 0.717) is 54.7 Å². The molecule has 1 saturated heterocycles. The van der Waals surface area contributed by atoms with E-state index >= 15 is 0 Å². The fourth-order valence-electron chi connectivity index (χ4n) is 4.67. The minimum atomic E-state index is -0.784. The van der Waals surface area contributed by atoms with E-state index in [1.807, 2.05) is 6.92 Å². The molecule has 3 aliphatic heterocycles. The van der Waals surface area contributed by atoms with Gasteiger partial charge in [0, 0.05) is 37.9 Å². The summed E-state index contributed by atoms with van der Waals surface area (Å²) in [6.07, 6.45) is 0. The molecule has 10 nitrogen and oxygen atoms in total. The van der Waals surface area contributed by atoms with E-state index in [0.717, 1.165) is 18.8 Å². The van der Waals surface area contributed by atoms with Gasteiger partial charge in [-0.2, -0.15) is 0 Å². The van der Waals surface area contributed by atoms with E-state index in [-0.39, 0.29) is 23.8 Å². The van der Waals surface area contributed by atoms with Crippen molar-refractivity contribution in [3.8, 4) is 17.2 Å². The summed E-state index contributed by atoms with van der Waals surface area (Å²) in [6.45, 7) is 6.20. The number of carbonyl (C=O) groups is 1. The van der Waals surface area contributed by atoms with Crippen LogP contribution < -0.4 is 25.5 Å². The normalized spacial score (nSPS) is 19.5. The summed E-state index contributed by atoms with van der Waals surface area (Å²) in [7, 11) is 1.27. The van der Waals surface area contributed by atoms with Crippen molar-refractivity contribution in [3.63, 3.8) is 0 Å². The molecule has 1 aromatic heterocycles. The number of carbonyl (C=O) groups excluding carboxylic acids is 1. The number of pyridine rings is 1. The van der Waals surface area contributed by atoms with Crippen LogP contribution in [0.5, 0.6) is 17.2 Å². The summed E-state index contributed by atoms with van der Waals surface area (Å²) in [6, 6.07) is 7.09. The second-order valence-corrected chi connectivity index (χ2v) is 8.39. The third-order valence-corrected chi connectivity index (χ3v) is 6.45. The maximum atomic E-state index is 13.9. The van der Waals surface area contributed by atoms with Crippen molar-refractivity contribution in [1.82, 2.24) is 9.47 Å². The molecular weight excluding hydrogens is 442 g/mol. The molecule has 10 heteroatoms. The Hall–Kier alpha value is -3.50. The summed E-state index contributed by atoms with van der Waals surface area (Å²) < 4.78 is 28.9. The first-order chi connectivity index (χ1) is 16.5. The van der Waals surface area contributed by atoms with Crippen LogP contribution in [-0.2, 0) is 20.8 Å². The van der Waals surface area contributed by atoms with Crippen LogP contribution in [0.4, 0.5) is 0 Å². The zero-order chi connectivity index (χ0) is 23.8. The van der Waals surface area contributed by atoms with Gasteiger partial charge in [-0.15, -0.1) is 0 Å². The average Bonchev–Trinajstić information content (AvgIpc) is 3.31. The van der Waals surface area contributed by atoms with E-state index in [1.165, 1.54) is 7.11 Å². The Morgan fingerprint density at radius 2 is 1.88 bits per heavy atom. The number of aromatic nitrogens is 1. The third kappa shape index (κ3) is 3.88.